The van der Waals surface area contributed by atoms with Crippen LogP contribution in [0.1, 0.15) is 22.3 Å². The van der Waals surface area contributed by atoms with Gasteiger partial charge in [0.15, 0.2) is 0 Å². The molecule has 5 nitrogen and oxygen atoms in total. The molecule has 0 saturated carbocycles. The Morgan fingerprint density at radius 1 is 0.971 bits per heavy atom. The smallest absolute Gasteiger partial charge is 0.255 e. The van der Waals surface area contributed by atoms with Gasteiger partial charge in [-0.15, -0.1) is 0 Å². The van der Waals surface area contributed by atoms with Gasteiger partial charge in [0.05, 0.1) is 29.2 Å². The second kappa shape index (κ2) is 9.75. The van der Waals surface area contributed by atoms with Gasteiger partial charge in [0, 0.05) is 22.2 Å². The van der Waals surface area contributed by atoms with E-state index in [9.17, 15) is 4.79 Å². The molecule has 1 aliphatic rings. The Balaban J connectivity index is 1.24. The normalized spacial score (nSPS) is 12.4. The maximum Gasteiger partial charge on any atom is 0.255 e. The molecule has 2 heterocycles. The Morgan fingerprint density at radius 2 is 1.76 bits per heavy atom. The van der Waals surface area contributed by atoms with Gasteiger partial charge in [0.2, 0.25) is 0 Å². The number of fused-ring (bicyclic) bond motifs is 1. The van der Waals surface area contributed by atoms with E-state index in [1.807, 2.05) is 48.5 Å². The molecular formula is C27H20Cl2N2O3. The van der Waals surface area contributed by atoms with Crippen LogP contribution in [0.2, 0.25) is 10.0 Å². The third kappa shape index (κ3) is 5.01. The Kier molecular flexibility index (Phi) is 6.39. The number of amides is 1. The van der Waals surface area contributed by atoms with Crippen molar-refractivity contribution in [1.82, 2.24) is 4.98 Å². The highest BCUT2D eigenvalue weighted by molar-refractivity contribution is 6.32. The number of carbonyl (C=O) groups is 1. The van der Waals surface area contributed by atoms with Crippen molar-refractivity contribution in [2.45, 2.75) is 12.8 Å². The quantitative estimate of drug-likeness (QED) is 0.316. The average molecular weight is 491 g/mol. The van der Waals surface area contributed by atoms with Crippen LogP contribution in [0.25, 0.3) is 11.3 Å². The van der Waals surface area contributed by atoms with E-state index in [2.05, 4.69) is 10.3 Å². The van der Waals surface area contributed by atoms with E-state index in [0.717, 1.165) is 35.4 Å². The molecule has 1 aromatic heterocycles. The summed E-state index contributed by atoms with van der Waals surface area (Å²) in [6.45, 7) is 0.692. The zero-order valence-electron chi connectivity index (χ0n) is 18.1. The van der Waals surface area contributed by atoms with E-state index in [1.165, 1.54) is 0 Å². The number of hydrogen-bond donors (Lipinski definition) is 1. The van der Waals surface area contributed by atoms with E-state index in [1.54, 1.807) is 30.5 Å². The van der Waals surface area contributed by atoms with E-state index in [0.29, 0.717) is 39.4 Å². The number of nitrogens with one attached hydrogen (secondary N) is 1. The molecule has 0 unspecified atom stereocenters. The minimum Gasteiger partial charge on any atom is -0.493 e. The highest BCUT2D eigenvalue weighted by atomic mass is 35.5. The summed E-state index contributed by atoms with van der Waals surface area (Å²) in [5, 5.41) is 4.06. The molecule has 7 heteroatoms. The molecule has 1 N–H and O–H groups in total. The number of aryl methyl sites for hydroxylation is 1. The molecule has 1 amide bonds. The number of rotatable bonds is 5. The summed E-state index contributed by atoms with van der Waals surface area (Å²) in [7, 11) is 0. The number of ether oxygens (including phenoxy) is 2. The molecule has 0 fully saturated rings. The first-order chi connectivity index (χ1) is 16.5. The van der Waals surface area contributed by atoms with Crippen molar-refractivity contribution in [3.8, 4) is 28.5 Å². The van der Waals surface area contributed by atoms with Gasteiger partial charge >= 0.3 is 0 Å². The lowest BCUT2D eigenvalue weighted by molar-refractivity contribution is 0.102. The summed E-state index contributed by atoms with van der Waals surface area (Å²) >= 11 is 12.3. The lowest BCUT2D eigenvalue weighted by Crippen LogP contribution is -2.11. The maximum atomic E-state index is 12.7. The topological polar surface area (TPSA) is 60.5 Å². The van der Waals surface area contributed by atoms with Crippen molar-refractivity contribution in [2.75, 3.05) is 11.9 Å². The molecule has 4 aromatic rings. The number of nitrogens with zero attached hydrogens (tertiary/aromatic N) is 1. The minimum absolute atomic E-state index is 0.243. The second-order valence-electron chi connectivity index (χ2n) is 7.86. The van der Waals surface area contributed by atoms with Crippen LogP contribution in [-0.4, -0.2) is 17.5 Å². The molecule has 3 aromatic carbocycles. The largest absolute Gasteiger partial charge is 0.493 e. The van der Waals surface area contributed by atoms with Crippen LogP contribution in [0.4, 0.5) is 5.69 Å². The van der Waals surface area contributed by atoms with Crippen molar-refractivity contribution in [2.24, 2.45) is 0 Å². The first-order valence-corrected chi connectivity index (χ1v) is 11.6. The van der Waals surface area contributed by atoms with Gasteiger partial charge in [-0.3, -0.25) is 9.78 Å². The van der Waals surface area contributed by atoms with Gasteiger partial charge in [-0.25, -0.2) is 0 Å². The standard InChI is InChI=1S/C27H20Cl2N2O3/c28-20-7-3-17(4-8-20)24-12-9-21(16-30-24)31-27(32)18-5-10-22(11-6-18)34-26-15-25-19(14-23(26)29)2-1-13-33-25/h3-12,14-16H,1-2,13H2,(H,31,32). The number of benzene rings is 3. The summed E-state index contributed by atoms with van der Waals surface area (Å²) < 4.78 is 11.6. The van der Waals surface area contributed by atoms with Crippen molar-refractivity contribution in [3.63, 3.8) is 0 Å². The molecule has 0 aliphatic carbocycles. The van der Waals surface area contributed by atoms with E-state index >= 15 is 0 Å². The Bertz CT molecular complexity index is 1320. The molecule has 1 aliphatic heterocycles. The van der Waals surface area contributed by atoms with Gasteiger partial charge in [0.25, 0.3) is 5.91 Å². The van der Waals surface area contributed by atoms with E-state index in [-0.39, 0.29) is 5.91 Å². The second-order valence-corrected chi connectivity index (χ2v) is 8.71. The minimum atomic E-state index is -0.243. The summed E-state index contributed by atoms with van der Waals surface area (Å²) in [5.74, 6) is 1.65. The van der Waals surface area contributed by atoms with E-state index in [4.69, 9.17) is 32.7 Å². The molecule has 0 atom stereocenters. The Labute approximate surface area is 207 Å². The van der Waals surface area contributed by atoms with Crippen LogP contribution in [0, 0.1) is 0 Å². The monoisotopic (exact) mass is 490 g/mol. The average Bonchev–Trinajstić information content (AvgIpc) is 2.86. The molecule has 0 bridgehead atoms. The highest BCUT2D eigenvalue weighted by Crippen LogP contribution is 2.37. The molecule has 0 spiro atoms. The van der Waals surface area contributed by atoms with Crippen molar-refractivity contribution < 1.29 is 14.3 Å². The van der Waals surface area contributed by atoms with Gasteiger partial charge in [-0.1, -0.05) is 35.3 Å². The van der Waals surface area contributed by atoms with Gasteiger partial charge in [-0.2, -0.15) is 0 Å². The number of pyridine rings is 1. The zero-order valence-corrected chi connectivity index (χ0v) is 19.6. The predicted molar refractivity (Wildman–Crippen MR) is 134 cm³/mol. The molecule has 170 valence electrons. The number of aromatic nitrogens is 1. The van der Waals surface area contributed by atoms with E-state index < -0.39 is 0 Å². The molecule has 34 heavy (non-hydrogen) atoms. The maximum absolute atomic E-state index is 12.7. The fourth-order valence-electron chi connectivity index (χ4n) is 3.69. The summed E-state index contributed by atoms with van der Waals surface area (Å²) in [6.07, 6.45) is 3.55. The van der Waals surface area contributed by atoms with Crippen molar-refractivity contribution in [1.29, 1.82) is 0 Å². The van der Waals surface area contributed by atoms with Crippen molar-refractivity contribution in [3.05, 3.63) is 100 Å². The van der Waals surface area contributed by atoms with Crippen LogP contribution < -0.4 is 14.8 Å². The lowest BCUT2D eigenvalue weighted by Gasteiger charge is -2.19. The van der Waals surface area contributed by atoms with Crippen molar-refractivity contribution >= 4 is 34.8 Å². The third-order valence-corrected chi connectivity index (χ3v) is 6.02. The third-order valence-electron chi connectivity index (χ3n) is 5.47. The van der Waals surface area contributed by atoms with Crippen LogP contribution in [0.3, 0.4) is 0 Å². The molecular weight excluding hydrogens is 471 g/mol. The SMILES string of the molecule is O=C(Nc1ccc(-c2ccc(Cl)cc2)nc1)c1ccc(Oc2cc3c(cc2Cl)CCCO3)cc1. The molecule has 5 rings (SSSR count). The fourth-order valence-corrected chi connectivity index (χ4v) is 4.04. The van der Waals surface area contributed by atoms with Gasteiger partial charge < -0.3 is 14.8 Å². The Morgan fingerprint density at radius 3 is 2.50 bits per heavy atom. The van der Waals surface area contributed by atoms with Crippen LogP contribution in [0.5, 0.6) is 17.2 Å². The number of anilines is 1. The first-order valence-electron chi connectivity index (χ1n) is 10.8. The molecule has 0 saturated heterocycles. The van der Waals surface area contributed by atoms with Crippen LogP contribution in [-0.2, 0) is 6.42 Å². The number of hydrogen-bond acceptors (Lipinski definition) is 4. The summed E-state index contributed by atoms with van der Waals surface area (Å²) in [5.41, 5.74) is 3.93. The van der Waals surface area contributed by atoms with Crippen LogP contribution in [0.15, 0.2) is 79.0 Å². The van der Waals surface area contributed by atoms with Crippen LogP contribution >= 0.6 is 23.2 Å². The first kappa shape index (κ1) is 22.3. The number of carbonyl (C=O) groups excluding carboxylic acids is 1. The van der Waals surface area contributed by atoms with Gasteiger partial charge in [0.1, 0.15) is 17.2 Å². The molecule has 0 radical (unpaired) electrons. The van der Waals surface area contributed by atoms with Gasteiger partial charge in [-0.05, 0) is 73.0 Å². The Hall–Kier alpha value is -3.54. The predicted octanol–water partition coefficient (Wildman–Crippen LogP) is 7.43. The number of halogens is 2. The zero-order chi connectivity index (χ0) is 23.5. The lowest BCUT2D eigenvalue weighted by atomic mass is 10.1. The highest BCUT2D eigenvalue weighted by Gasteiger charge is 2.15. The fraction of sp³-hybridized carbons (Fsp3) is 0.111. The summed E-state index contributed by atoms with van der Waals surface area (Å²) in [6, 6.07) is 21.6. The summed E-state index contributed by atoms with van der Waals surface area (Å²) in [4.78, 5) is 17.1.